The van der Waals surface area contributed by atoms with Crippen molar-refractivity contribution in [1.29, 1.82) is 0 Å². The van der Waals surface area contributed by atoms with Crippen LogP contribution in [0.4, 0.5) is 5.69 Å². The number of nitrogens with one attached hydrogen (secondary N) is 3. The molecule has 0 aliphatic carbocycles. The summed E-state index contributed by atoms with van der Waals surface area (Å²) in [6.07, 6.45) is 0. The molecule has 2 aromatic carbocycles. The molecule has 0 aromatic heterocycles. The molecule has 6 heteroatoms. The second-order valence-corrected chi connectivity index (χ2v) is 6.83. The molecule has 0 atom stereocenters. The summed E-state index contributed by atoms with van der Waals surface area (Å²) in [5, 5.41) is 9.41. The smallest absolute Gasteiger partial charge is 0.221 e. The number of guanidine groups is 1. The van der Waals surface area contributed by atoms with Crippen LogP contribution in [0.5, 0.6) is 0 Å². The van der Waals surface area contributed by atoms with Crippen molar-refractivity contribution in [1.82, 2.24) is 10.6 Å². The van der Waals surface area contributed by atoms with Gasteiger partial charge in [0.2, 0.25) is 5.91 Å². The molecule has 138 valence electrons. The first-order chi connectivity index (χ1) is 12.7. The molecule has 0 saturated heterocycles. The van der Waals surface area contributed by atoms with Gasteiger partial charge in [-0.15, -0.1) is 11.8 Å². The van der Waals surface area contributed by atoms with E-state index < -0.39 is 0 Å². The normalized spacial score (nSPS) is 11.1. The molecule has 0 unspecified atom stereocenters. The van der Waals surface area contributed by atoms with Crippen molar-refractivity contribution < 1.29 is 4.79 Å². The number of nitrogens with zero attached hydrogens (tertiary/aromatic N) is 1. The zero-order valence-corrected chi connectivity index (χ0v) is 16.1. The van der Waals surface area contributed by atoms with Crippen LogP contribution in [0.3, 0.4) is 0 Å². The maximum absolute atomic E-state index is 11.2. The maximum Gasteiger partial charge on any atom is 0.221 e. The van der Waals surface area contributed by atoms with Crippen LogP contribution in [-0.2, 0) is 11.3 Å². The lowest BCUT2D eigenvalue weighted by Gasteiger charge is -2.11. The van der Waals surface area contributed by atoms with Crippen LogP contribution in [-0.4, -0.2) is 30.7 Å². The average molecular weight is 371 g/mol. The quantitative estimate of drug-likeness (QED) is 0.288. The lowest BCUT2D eigenvalue weighted by Crippen LogP contribution is -2.38. The van der Waals surface area contributed by atoms with Crippen molar-refractivity contribution in [3.63, 3.8) is 0 Å². The number of carbonyl (C=O) groups is 1. The van der Waals surface area contributed by atoms with Crippen molar-refractivity contribution in [2.24, 2.45) is 4.99 Å². The van der Waals surface area contributed by atoms with E-state index in [2.05, 4.69) is 45.2 Å². The van der Waals surface area contributed by atoms with E-state index in [1.165, 1.54) is 11.8 Å². The van der Waals surface area contributed by atoms with E-state index in [-0.39, 0.29) is 5.91 Å². The van der Waals surface area contributed by atoms with Gasteiger partial charge in [0.25, 0.3) is 0 Å². The standard InChI is InChI=1S/C20H26N4OS/c1-3-21-20(22-12-13-26-19-10-5-4-6-11-19)23-15-17-8-7-9-18(14-17)24-16(2)25/h4-11,14H,3,12-13,15H2,1-2H3,(H,24,25)(H2,21,22,23). The highest BCUT2D eigenvalue weighted by atomic mass is 32.2. The van der Waals surface area contributed by atoms with Gasteiger partial charge in [0.1, 0.15) is 0 Å². The molecule has 2 aromatic rings. The molecule has 5 nitrogen and oxygen atoms in total. The van der Waals surface area contributed by atoms with E-state index in [0.717, 1.165) is 36.1 Å². The number of amides is 1. The molecule has 0 aliphatic heterocycles. The highest BCUT2D eigenvalue weighted by Crippen LogP contribution is 2.15. The molecular weight excluding hydrogens is 344 g/mol. The summed E-state index contributed by atoms with van der Waals surface area (Å²) in [5.41, 5.74) is 1.84. The molecule has 0 radical (unpaired) electrons. The fraction of sp³-hybridized carbons (Fsp3) is 0.300. The Kier molecular flexibility index (Phi) is 8.55. The van der Waals surface area contributed by atoms with Crippen molar-refractivity contribution in [2.75, 3.05) is 24.2 Å². The van der Waals surface area contributed by atoms with Crippen molar-refractivity contribution >= 4 is 29.3 Å². The Labute approximate surface area is 159 Å². The molecule has 2 rings (SSSR count). The molecule has 0 spiro atoms. The van der Waals surface area contributed by atoms with Gasteiger partial charge < -0.3 is 16.0 Å². The highest BCUT2D eigenvalue weighted by molar-refractivity contribution is 7.99. The van der Waals surface area contributed by atoms with Gasteiger partial charge in [-0.2, -0.15) is 0 Å². The molecular formula is C20H26N4OS. The summed E-state index contributed by atoms with van der Waals surface area (Å²) < 4.78 is 0. The second kappa shape index (κ2) is 11.2. The summed E-state index contributed by atoms with van der Waals surface area (Å²) in [4.78, 5) is 17.1. The number of aliphatic imine (C=N–C) groups is 1. The molecule has 0 saturated carbocycles. The molecule has 0 heterocycles. The minimum absolute atomic E-state index is 0.0726. The number of hydrogen-bond donors (Lipinski definition) is 3. The Balaban J connectivity index is 1.84. The van der Waals surface area contributed by atoms with Gasteiger partial charge in [-0.3, -0.25) is 4.79 Å². The summed E-state index contributed by atoms with van der Waals surface area (Å²) >= 11 is 1.82. The molecule has 3 N–H and O–H groups in total. The number of hydrogen-bond acceptors (Lipinski definition) is 3. The Morgan fingerprint density at radius 2 is 1.88 bits per heavy atom. The number of anilines is 1. The van der Waals surface area contributed by atoms with Gasteiger partial charge in [-0.25, -0.2) is 4.99 Å². The van der Waals surface area contributed by atoms with Crippen LogP contribution in [0.15, 0.2) is 64.5 Å². The van der Waals surface area contributed by atoms with Gasteiger partial charge in [0.05, 0.1) is 6.54 Å². The zero-order valence-electron chi connectivity index (χ0n) is 15.3. The number of thioether (sulfide) groups is 1. The average Bonchev–Trinajstić information content (AvgIpc) is 2.64. The number of benzene rings is 2. The molecule has 0 aliphatic rings. The minimum Gasteiger partial charge on any atom is -0.357 e. The Hall–Kier alpha value is -2.47. The summed E-state index contributed by atoms with van der Waals surface area (Å²) in [5.74, 6) is 1.69. The van der Waals surface area contributed by atoms with Crippen molar-refractivity contribution in [2.45, 2.75) is 25.3 Å². The van der Waals surface area contributed by atoms with Gasteiger partial charge in [-0.1, -0.05) is 30.3 Å². The fourth-order valence-electron chi connectivity index (χ4n) is 2.32. The Bertz CT molecular complexity index is 719. The SMILES string of the molecule is CCNC(=NCc1cccc(NC(C)=O)c1)NCCSc1ccccc1. The van der Waals surface area contributed by atoms with E-state index in [4.69, 9.17) is 0 Å². The first kappa shape index (κ1) is 19.8. The van der Waals surface area contributed by atoms with Crippen LogP contribution in [0, 0.1) is 0 Å². The molecule has 0 bridgehead atoms. The third-order valence-corrected chi connectivity index (χ3v) is 4.43. The van der Waals surface area contributed by atoms with Gasteiger partial charge >= 0.3 is 0 Å². The van der Waals surface area contributed by atoms with Crippen LogP contribution in [0.1, 0.15) is 19.4 Å². The number of carbonyl (C=O) groups excluding carboxylic acids is 1. The van der Waals surface area contributed by atoms with Gasteiger partial charge in [-0.05, 0) is 36.8 Å². The van der Waals surface area contributed by atoms with Gasteiger partial charge in [0.15, 0.2) is 5.96 Å². The van der Waals surface area contributed by atoms with E-state index in [9.17, 15) is 4.79 Å². The first-order valence-corrected chi connectivity index (χ1v) is 9.72. The maximum atomic E-state index is 11.2. The summed E-state index contributed by atoms with van der Waals surface area (Å²) in [6.45, 7) is 5.74. The molecule has 1 amide bonds. The van der Waals surface area contributed by atoms with Crippen LogP contribution in [0.2, 0.25) is 0 Å². The lowest BCUT2D eigenvalue weighted by molar-refractivity contribution is -0.114. The van der Waals surface area contributed by atoms with Crippen LogP contribution >= 0.6 is 11.8 Å². The minimum atomic E-state index is -0.0726. The Morgan fingerprint density at radius 3 is 2.62 bits per heavy atom. The number of rotatable bonds is 8. The monoisotopic (exact) mass is 370 g/mol. The predicted octanol–water partition coefficient (Wildman–Crippen LogP) is 3.49. The topological polar surface area (TPSA) is 65.5 Å². The van der Waals surface area contributed by atoms with Crippen LogP contribution < -0.4 is 16.0 Å². The second-order valence-electron chi connectivity index (χ2n) is 5.67. The summed E-state index contributed by atoms with van der Waals surface area (Å²) in [6, 6.07) is 18.1. The third kappa shape index (κ3) is 7.61. The summed E-state index contributed by atoms with van der Waals surface area (Å²) in [7, 11) is 0. The largest absolute Gasteiger partial charge is 0.357 e. The fourth-order valence-corrected chi connectivity index (χ4v) is 3.11. The molecule has 26 heavy (non-hydrogen) atoms. The van der Waals surface area contributed by atoms with Crippen molar-refractivity contribution in [3.05, 3.63) is 60.2 Å². The predicted molar refractivity (Wildman–Crippen MR) is 111 cm³/mol. The van der Waals surface area contributed by atoms with E-state index in [1.54, 1.807) is 0 Å². The zero-order chi connectivity index (χ0) is 18.6. The van der Waals surface area contributed by atoms with E-state index >= 15 is 0 Å². The van der Waals surface area contributed by atoms with E-state index in [1.807, 2.05) is 49.0 Å². The molecule has 0 fully saturated rings. The van der Waals surface area contributed by atoms with E-state index in [0.29, 0.717) is 6.54 Å². The van der Waals surface area contributed by atoms with Crippen LogP contribution in [0.25, 0.3) is 0 Å². The van der Waals surface area contributed by atoms with Crippen molar-refractivity contribution in [3.8, 4) is 0 Å². The first-order valence-electron chi connectivity index (χ1n) is 8.74. The lowest BCUT2D eigenvalue weighted by atomic mass is 10.2. The van der Waals surface area contributed by atoms with Gasteiger partial charge in [0, 0.05) is 36.3 Å². The third-order valence-electron chi connectivity index (χ3n) is 3.42. The Morgan fingerprint density at radius 1 is 1.08 bits per heavy atom. The highest BCUT2D eigenvalue weighted by Gasteiger charge is 2.00.